The topological polar surface area (TPSA) is 64.6 Å². The Hall–Kier alpha value is -0.950. The molecule has 0 amide bonds. The molecule has 0 fully saturated rings. The second kappa shape index (κ2) is 8.36. The highest BCUT2D eigenvalue weighted by atomic mass is 32.2. The van der Waals surface area contributed by atoms with E-state index in [0.717, 1.165) is 12.1 Å². The van der Waals surface area contributed by atoms with Crippen molar-refractivity contribution in [1.82, 2.24) is 5.32 Å². The van der Waals surface area contributed by atoms with Crippen molar-refractivity contribution in [3.63, 3.8) is 0 Å². The minimum absolute atomic E-state index is 0.0596. The molecular weight excluding hydrogens is 278 g/mol. The maximum atomic E-state index is 12.0. The summed E-state index contributed by atoms with van der Waals surface area (Å²) in [4.78, 5) is 0.176. The first kappa shape index (κ1) is 17.1. The third-order valence-electron chi connectivity index (χ3n) is 2.75. The molecule has 114 valence electrons. The van der Waals surface area contributed by atoms with E-state index in [-0.39, 0.29) is 17.5 Å². The quantitative estimate of drug-likeness (QED) is 0.704. The number of aryl methyl sites for hydroxylation is 1. The minimum atomic E-state index is -3.71. The van der Waals surface area contributed by atoms with Gasteiger partial charge in [0.2, 0.25) is 0 Å². The van der Waals surface area contributed by atoms with Gasteiger partial charge in [0.25, 0.3) is 10.1 Å². The first-order valence-corrected chi connectivity index (χ1v) is 8.17. The zero-order valence-electron chi connectivity index (χ0n) is 12.3. The summed E-state index contributed by atoms with van der Waals surface area (Å²) in [6.45, 7) is 7.55. The Morgan fingerprint density at radius 2 is 1.80 bits per heavy atom. The van der Waals surface area contributed by atoms with Crippen LogP contribution in [0.15, 0.2) is 29.2 Å². The standard InChI is InChI=1S/C14H23NO4S/c1-4-15-13(10-18-5-2)11-19-20(16,17)14-8-6-12(3)7-9-14/h6-9,13,15H,4-5,10-11H2,1-3H3. The molecule has 0 aliphatic heterocycles. The molecule has 1 aromatic carbocycles. The number of ether oxygens (including phenoxy) is 1. The van der Waals surface area contributed by atoms with E-state index in [4.69, 9.17) is 8.92 Å². The SMILES string of the molecule is CCNC(COCC)COS(=O)(=O)c1ccc(C)cc1. The molecule has 20 heavy (non-hydrogen) atoms. The molecule has 0 aliphatic carbocycles. The van der Waals surface area contributed by atoms with E-state index in [9.17, 15) is 8.42 Å². The number of nitrogens with one attached hydrogen (secondary N) is 1. The average molecular weight is 301 g/mol. The fourth-order valence-corrected chi connectivity index (χ4v) is 2.61. The van der Waals surface area contributed by atoms with Crippen LogP contribution in [0.5, 0.6) is 0 Å². The van der Waals surface area contributed by atoms with Gasteiger partial charge in [0.15, 0.2) is 0 Å². The van der Waals surface area contributed by atoms with Crippen molar-refractivity contribution in [2.45, 2.75) is 31.7 Å². The Morgan fingerprint density at radius 1 is 1.15 bits per heavy atom. The molecule has 1 atom stereocenters. The second-order valence-electron chi connectivity index (χ2n) is 4.47. The summed E-state index contributed by atoms with van der Waals surface area (Å²) in [5.74, 6) is 0. The molecule has 0 spiro atoms. The summed E-state index contributed by atoms with van der Waals surface area (Å²) in [6.07, 6.45) is 0. The van der Waals surface area contributed by atoms with E-state index in [2.05, 4.69) is 5.32 Å². The maximum absolute atomic E-state index is 12.0. The van der Waals surface area contributed by atoms with Crippen LogP contribution in [0.2, 0.25) is 0 Å². The Labute approximate surface area is 121 Å². The Kier molecular flexibility index (Phi) is 7.15. The Bertz CT molecular complexity index is 484. The van der Waals surface area contributed by atoms with Gasteiger partial charge in [0.1, 0.15) is 0 Å². The van der Waals surface area contributed by atoms with Gasteiger partial charge in [0, 0.05) is 6.61 Å². The van der Waals surface area contributed by atoms with E-state index in [0.29, 0.717) is 13.2 Å². The van der Waals surface area contributed by atoms with Crippen molar-refractivity contribution in [2.24, 2.45) is 0 Å². The molecule has 1 N–H and O–H groups in total. The zero-order chi connectivity index (χ0) is 15.0. The summed E-state index contributed by atoms with van der Waals surface area (Å²) in [7, 11) is -3.71. The number of hydrogen-bond donors (Lipinski definition) is 1. The van der Waals surface area contributed by atoms with E-state index in [1.807, 2.05) is 20.8 Å². The van der Waals surface area contributed by atoms with Crippen LogP contribution in [0.3, 0.4) is 0 Å². The summed E-state index contributed by atoms with van der Waals surface area (Å²) >= 11 is 0. The van der Waals surface area contributed by atoms with Gasteiger partial charge < -0.3 is 10.1 Å². The van der Waals surface area contributed by atoms with Gasteiger partial charge in [0.05, 0.1) is 24.2 Å². The van der Waals surface area contributed by atoms with Crippen LogP contribution >= 0.6 is 0 Å². The van der Waals surface area contributed by atoms with Gasteiger partial charge in [-0.05, 0) is 32.5 Å². The lowest BCUT2D eigenvalue weighted by atomic mass is 10.2. The van der Waals surface area contributed by atoms with E-state index < -0.39 is 10.1 Å². The van der Waals surface area contributed by atoms with Gasteiger partial charge in [-0.2, -0.15) is 8.42 Å². The van der Waals surface area contributed by atoms with Crippen molar-refractivity contribution in [1.29, 1.82) is 0 Å². The summed E-state index contributed by atoms with van der Waals surface area (Å²) in [5.41, 5.74) is 1.01. The average Bonchev–Trinajstić information content (AvgIpc) is 2.42. The molecule has 0 saturated carbocycles. The highest BCUT2D eigenvalue weighted by Gasteiger charge is 2.18. The van der Waals surface area contributed by atoms with Gasteiger partial charge in [-0.25, -0.2) is 0 Å². The number of hydrogen-bond acceptors (Lipinski definition) is 5. The van der Waals surface area contributed by atoms with E-state index in [1.165, 1.54) is 0 Å². The minimum Gasteiger partial charge on any atom is -0.380 e. The van der Waals surface area contributed by atoms with E-state index >= 15 is 0 Å². The normalized spacial score (nSPS) is 13.3. The van der Waals surface area contributed by atoms with Gasteiger partial charge in [-0.15, -0.1) is 0 Å². The molecule has 0 radical (unpaired) electrons. The molecule has 0 saturated heterocycles. The van der Waals surface area contributed by atoms with Crippen LogP contribution in [-0.2, 0) is 19.0 Å². The molecule has 0 aliphatic rings. The van der Waals surface area contributed by atoms with E-state index in [1.54, 1.807) is 24.3 Å². The highest BCUT2D eigenvalue weighted by molar-refractivity contribution is 7.86. The van der Waals surface area contributed by atoms with Crippen LogP contribution in [-0.4, -0.2) is 40.8 Å². The first-order valence-electron chi connectivity index (χ1n) is 6.76. The number of likely N-dealkylation sites (N-methyl/N-ethyl adjacent to an activating group) is 1. The van der Waals surface area contributed by atoms with Crippen LogP contribution in [0.1, 0.15) is 19.4 Å². The third kappa shape index (κ3) is 5.58. The predicted molar refractivity (Wildman–Crippen MR) is 78.3 cm³/mol. The maximum Gasteiger partial charge on any atom is 0.297 e. The summed E-state index contributed by atoms with van der Waals surface area (Å²) < 4.78 is 34.5. The summed E-state index contributed by atoms with van der Waals surface area (Å²) in [6, 6.07) is 6.46. The highest BCUT2D eigenvalue weighted by Crippen LogP contribution is 2.13. The fraction of sp³-hybridized carbons (Fsp3) is 0.571. The van der Waals surface area contributed by atoms with Gasteiger partial charge >= 0.3 is 0 Å². The lowest BCUT2D eigenvalue weighted by molar-refractivity contribution is 0.104. The van der Waals surface area contributed by atoms with Gasteiger partial charge in [-0.3, -0.25) is 4.18 Å². The molecule has 5 nitrogen and oxygen atoms in total. The largest absolute Gasteiger partial charge is 0.380 e. The first-order chi connectivity index (χ1) is 9.49. The Balaban J connectivity index is 2.62. The number of benzene rings is 1. The molecule has 0 heterocycles. The molecule has 0 aromatic heterocycles. The van der Waals surface area contributed by atoms with Crippen molar-refractivity contribution < 1.29 is 17.3 Å². The smallest absolute Gasteiger partial charge is 0.297 e. The molecule has 6 heteroatoms. The molecular formula is C14H23NO4S. The van der Waals surface area contributed by atoms with Crippen molar-refractivity contribution in [3.05, 3.63) is 29.8 Å². The molecule has 1 unspecified atom stereocenters. The fourth-order valence-electron chi connectivity index (χ4n) is 1.66. The lowest BCUT2D eigenvalue weighted by Gasteiger charge is -2.17. The van der Waals surface area contributed by atoms with Crippen LogP contribution in [0.4, 0.5) is 0 Å². The molecule has 1 rings (SSSR count). The van der Waals surface area contributed by atoms with Crippen LogP contribution < -0.4 is 5.32 Å². The van der Waals surface area contributed by atoms with Crippen LogP contribution in [0.25, 0.3) is 0 Å². The molecule has 1 aromatic rings. The lowest BCUT2D eigenvalue weighted by Crippen LogP contribution is -2.38. The van der Waals surface area contributed by atoms with Crippen molar-refractivity contribution in [3.8, 4) is 0 Å². The van der Waals surface area contributed by atoms with Crippen molar-refractivity contribution >= 4 is 10.1 Å². The zero-order valence-corrected chi connectivity index (χ0v) is 13.1. The second-order valence-corrected chi connectivity index (χ2v) is 6.08. The molecule has 0 bridgehead atoms. The van der Waals surface area contributed by atoms with Crippen LogP contribution in [0, 0.1) is 6.92 Å². The van der Waals surface area contributed by atoms with Crippen molar-refractivity contribution in [2.75, 3.05) is 26.4 Å². The number of rotatable bonds is 9. The van der Waals surface area contributed by atoms with Gasteiger partial charge in [-0.1, -0.05) is 24.6 Å². The monoisotopic (exact) mass is 301 g/mol. The summed E-state index contributed by atoms with van der Waals surface area (Å²) in [5, 5.41) is 3.14. The Morgan fingerprint density at radius 3 is 2.35 bits per heavy atom. The predicted octanol–water partition coefficient (Wildman–Crippen LogP) is 1.71. The third-order valence-corrected chi connectivity index (χ3v) is 4.05.